The fourth-order valence-corrected chi connectivity index (χ4v) is 2.00. The maximum Gasteiger partial charge on any atom is 0.133 e. The maximum atomic E-state index is 5.18. The van der Waals surface area contributed by atoms with Gasteiger partial charge in [-0.25, -0.2) is 0 Å². The van der Waals surface area contributed by atoms with Crippen LogP contribution in [-0.2, 0) is 0 Å². The van der Waals surface area contributed by atoms with Crippen molar-refractivity contribution in [3.63, 3.8) is 0 Å². The van der Waals surface area contributed by atoms with Crippen LogP contribution in [-0.4, -0.2) is 26.5 Å². The molecule has 0 unspecified atom stereocenters. The summed E-state index contributed by atoms with van der Waals surface area (Å²) in [5.74, 6) is 1.78. The molecule has 0 aliphatic rings. The summed E-state index contributed by atoms with van der Waals surface area (Å²) in [5, 5.41) is 0. The first-order valence-electron chi connectivity index (χ1n) is 4.84. The number of benzene rings is 1. The van der Waals surface area contributed by atoms with Gasteiger partial charge in [0.25, 0.3) is 0 Å². The normalized spacial score (nSPS) is 10.1. The summed E-state index contributed by atoms with van der Waals surface area (Å²) in [5.41, 5.74) is 1.18. The van der Waals surface area contributed by atoms with Crippen molar-refractivity contribution in [3.05, 3.63) is 22.7 Å². The SMILES string of the molecule is COc1ccc(N(C)CCCS)cc1Br. The number of rotatable bonds is 5. The molecule has 0 aliphatic heterocycles. The molecule has 0 bridgehead atoms. The molecule has 4 heteroatoms. The van der Waals surface area contributed by atoms with Gasteiger partial charge in [0.05, 0.1) is 11.6 Å². The van der Waals surface area contributed by atoms with Gasteiger partial charge in [0.2, 0.25) is 0 Å². The van der Waals surface area contributed by atoms with Gasteiger partial charge in [-0.3, -0.25) is 0 Å². The van der Waals surface area contributed by atoms with E-state index in [1.165, 1.54) is 5.69 Å². The van der Waals surface area contributed by atoms with Crippen LogP contribution in [0.5, 0.6) is 5.75 Å². The molecule has 0 aromatic heterocycles. The van der Waals surface area contributed by atoms with E-state index in [-0.39, 0.29) is 0 Å². The Kier molecular flexibility index (Phi) is 5.32. The Morgan fingerprint density at radius 2 is 2.20 bits per heavy atom. The summed E-state index contributed by atoms with van der Waals surface area (Å²) in [6.07, 6.45) is 1.09. The van der Waals surface area contributed by atoms with Crippen molar-refractivity contribution < 1.29 is 4.74 Å². The van der Waals surface area contributed by atoms with Crippen LogP contribution >= 0.6 is 28.6 Å². The lowest BCUT2D eigenvalue weighted by molar-refractivity contribution is 0.412. The summed E-state index contributed by atoms with van der Waals surface area (Å²) in [4.78, 5) is 2.21. The molecule has 0 radical (unpaired) electrons. The van der Waals surface area contributed by atoms with E-state index in [4.69, 9.17) is 4.74 Å². The van der Waals surface area contributed by atoms with Crippen LogP contribution in [0, 0.1) is 0 Å². The number of nitrogens with zero attached hydrogens (tertiary/aromatic N) is 1. The number of ether oxygens (including phenoxy) is 1. The third-order valence-corrected chi connectivity index (χ3v) is 3.16. The van der Waals surface area contributed by atoms with Crippen LogP contribution in [0.1, 0.15) is 6.42 Å². The highest BCUT2D eigenvalue weighted by molar-refractivity contribution is 9.10. The average Bonchev–Trinajstić information content (AvgIpc) is 2.25. The van der Waals surface area contributed by atoms with Crippen molar-refractivity contribution in [2.45, 2.75) is 6.42 Å². The van der Waals surface area contributed by atoms with Crippen LogP contribution in [0.25, 0.3) is 0 Å². The van der Waals surface area contributed by atoms with Crippen LogP contribution < -0.4 is 9.64 Å². The van der Waals surface area contributed by atoms with E-state index in [1.807, 2.05) is 6.07 Å². The molecule has 0 heterocycles. The van der Waals surface area contributed by atoms with E-state index in [0.29, 0.717) is 0 Å². The molecule has 0 amide bonds. The minimum atomic E-state index is 0.862. The summed E-state index contributed by atoms with van der Waals surface area (Å²) in [6.45, 7) is 1.02. The third-order valence-electron chi connectivity index (χ3n) is 2.23. The largest absolute Gasteiger partial charge is 0.496 e. The summed E-state index contributed by atoms with van der Waals surface area (Å²) in [6, 6.07) is 6.09. The predicted octanol–water partition coefficient (Wildman–Crippen LogP) is 3.21. The Hall–Kier alpha value is -0.350. The van der Waals surface area contributed by atoms with Gasteiger partial charge in [-0.1, -0.05) is 0 Å². The third kappa shape index (κ3) is 3.61. The molecule has 0 aliphatic carbocycles. The second kappa shape index (κ2) is 6.28. The predicted molar refractivity (Wildman–Crippen MR) is 72.4 cm³/mol. The van der Waals surface area contributed by atoms with Crippen molar-refractivity contribution in [3.8, 4) is 5.75 Å². The van der Waals surface area contributed by atoms with Gasteiger partial charge >= 0.3 is 0 Å². The maximum absolute atomic E-state index is 5.18. The van der Waals surface area contributed by atoms with Crippen LogP contribution in [0.4, 0.5) is 5.69 Å². The highest BCUT2D eigenvalue weighted by Crippen LogP contribution is 2.29. The summed E-state index contributed by atoms with van der Waals surface area (Å²) >= 11 is 7.68. The van der Waals surface area contributed by atoms with Gasteiger partial charge in [0.1, 0.15) is 5.75 Å². The highest BCUT2D eigenvalue weighted by atomic mass is 79.9. The topological polar surface area (TPSA) is 12.5 Å². The smallest absolute Gasteiger partial charge is 0.133 e. The number of anilines is 1. The Bertz CT molecular complexity index is 319. The molecular weight excluding hydrogens is 274 g/mol. The van der Waals surface area contributed by atoms with Gasteiger partial charge in [-0.05, 0) is 46.3 Å². The van der Waals surface area contributed by atoms with E-state index >= 15 is 0 Å². The first-order valence-corrected chi connectivity index (χ1v) is 6.27. The first kappa shape index (κ1) is 12.7. The molecule has 2 nitrogen and oxygen atoms in total. The van der Waals surface area contributed by atoms with Gasteiger partial charge in [-0.15, -0.1) is 0 Å². The molecule has 15 heavy (non-hydrogen) atoms. The zero-order valence-corrected chi connectivity index (χ0v) is 11.5. The summed E-state index contributed by atoms with van der Waals surface area (Å²) < 4.78 is 6.17. The zero-order chi connectivity index (χ0) is 11.3. The molecule has 0 atom stereocenters. The average molecular weight is 290 g/mol. The minimum absolute atomic E-state index is 0.862. The molecule has 1 rings (SSSR count). The quantitative estimate of drug-likeness (QED) is 0.836. The van der Waals surface area contributed by atoms with E-state index in [0.717, 1.165) is 28.9 Å². The molecule has 0 saturated carbocycles. The Labute approximate surface area is 105 Å². The molecule has 0 N–H and O–H groups in total. The first-order chi connectivity index (χ1) is 7.19. The molecule has 0 spiro atoms. The number of methoxy groups -OCH3 is 1. The molecule has 0 saturated heterocycles. The number of halogens is 1. The van der Waals surface area contributed by atoms with Crippen molar-refractivity contribution in [1.29, 1.82) is 0 Å². The van der Waals surface area contributed by atoms with Crippen molar-refractivity contribution >= 4 is 34.2 Å². The van der Waals surface area contributed by atoms with Gasteiger partial charge in [0.15, 0.2) is 0 Å². The van der Waals surface area contributed by atoms with Crippen LogP contribution in [0.15, 0.2) is 22.7 Å². The minimum Gasteiger partial charge on any atom is -0.496 e. The lowest BCUT2D eigenvalue weighted by Crippen LogP contribution is -2.18. The number of thiol groups is 1. The molecule has 1 aromatic carbocycles. The lowest BCUT2D eigenvalue weighted by atomic mass is 10.2. The van der Waals surface area contributed by atoms with Crippen molar-refractivity contribution in [1.82, 2.24) is 0 Å². The standard InChI is InChI=1S/C11H16BrNOS/c1-13(6-3-7-15)9-4-5-11(14-2)10(12)8-9/h4-5,8,15H,3,6-7H2,1-2H3. The highest BCUT2D eigenvalue weighted by Gasteiger charge is 2.04. The fourth-order valence-electron chi connectivity index (χ4n) is 1.33. The lowest BCUT2D eigenvalue weighted by Gasteiger charge is -2.19. The number of hydrogen-bond acceptors (Lipinski definition) is 3. The van der Waals surface area contributed by atoms with Gasteiger partial charge in [-0.2, -0.15) is 12.6 Å². The van der Waals surface area contributed by atoms with E-state index in [1.54, 1.807) is 7.11 Å². The Balaban J connectivity index is 2.73. The molecule has 0 fully saturated rings. The Morgan fingerprint density at radius 1 is 1.47 bits per heavy atom. The zero-order valence-electron chi connectivity index (χ0n) is 9.03. The molecular formula is C11H16BrNOS. The fraction of sp³-hybridized carbons (Fsp3) is 0.455. The van der Waals surface area contributed by atoms with Crippen molar-refractivity contribution in [2.24, 2.45) is 0 Å². The summed E-state index contributed by atoms with van der Waals surface area (Å²) in [7, 11) is 3.75. The van der Waals surface area contributed by atoms with Crippen LogP contribution in [0.2, 0.25) is 0 Å². The molecule has 84 valence electrons. The van der Waals surface area contributed by atoms with E-state index < -0.39 is 0 Å². The van der Waals surface area contributed by atoms with Gasteiger partial charge in [0, 0.05) is 19.3 Å². The van der Waals surface area contributed by atoms with E-state index in [2.05, 4.69) is 52.6 Å². The van der Waals surface area contributed by atoms with Crippen molar-refractivity contribution in [2.75, 3.05) is 31.4 Å². The Morgan fingerprint density at radius 3 is 2.73 bits per heavy atom. The monoisotopic (exact) mass is 289 g/mol. The molecule has 1 aromatic rings. The van der Waals surface area contributed by atoms with E-state index in [9.17, 15) is 0 Å². The van der Waals surface area contributed by atoms with Gasteiger partial charge < -0.3 is 9.64 Å². The van der Waals surface area contributed by atoms with Crippen LogP contribution in [0.3, 0.4) is 0 Å². The second-order valence-electron chi connectivity index (χ2n) is 3.32. The second-order valence-corrected chi connectivity index (χ2v) is 4.62. The number of hydrogen-bond donors (Lipinski definition) is 1.